The molecule has 0 fully saturated rings. The molecule has 142 valence electrons. The molecule has 1 heterocycles. The van der Waals surface area contributed by atoms with Gasteiger partial charge in [-0.1, -0.05) is 18.2 Å². The molecule has 0 aliphatic heterocycles. The predicted molar refractivity (Wildman–Crippen MR) is 109 cm³/mol. The first kappa shape index (κ1) is 19.2. The molecule has 0 amide bonds. The van der Waals surface area contributed by atoms with Crippen molar-refractivity contribution in [1.82, 2.24) is 10.3 Å². The largest absolute Gasteiger partial charge is 0.493 e. The summed E-state index contributed by atoms with van der Waals surface area (Å²) in [6, 6.07) is 14.0. The monoisotopic (exact) mass is 384 g/mol. The van der Waals surface area contributed by atoms with Gasteiger partial charge in [0.05, 0.1) is 25.7 Å². The Morgan fingerprint density at radius 1 is 0.963 bits per heavy atom. The van der Waals surface area contributed by atoms with Gasteiger partial charge >= 0.3 is 0 Å². The van der Waals surface area contributed by atoms with Crippen molar-refractivity contribution in [3.63, 3.8) is 0 Å². The van der Waals surface area contributed by atoms with Crippen LogP contribution in [-0.2, 0) is 13.1 Å². The fourth-order valence-electron chi connectivity index (χ4n) is 2.77. The number of hydrogen-bond acceptors (Lipinski definition) is 6. The third-order valence-corrected chi connectivity index (χ3v) is 5.09. The molecule has 0 atom stereocenters. The van der Waals surface area contributed by atoms with E-state index in [1.165, 1.54) is 0 Å². The summed E-state index contributed by atoms with van der Waals surface area (Å²) in [5, 5.41) is 4.47. The molecule has 27 heavy (non-hydrogen) atoms. The summed E-state index contributed by atoms with van der Waals surface area (Å²) in [6.07, 6.45) is 1.91. The molecular weight excluding hydrogens is 360 g/mol. The van der Waals surface area contributed by atoms with Crippen LogP contribution in [0.1, 0.15) is 17.5 Å². The SMILES string of the molecule is CCOc1ccccc1-c1cnc(CNCc2ccc(OC)c(OC)c2)s1. The van der Waals surface area contributed by atoms with E-state index in [-0.39, 0.29) is 0 Å². The maximum absolute atomic E-state index is 5.72. The van der Waals surface area contributed by atoms with Crippen molar-refractivity contribution in [1.29, 1.82) is 0 Å². The van der Waals surface area contributed by atoms with Crippen LogP contribution >= 0.6 is 11.3 Å². The molecule has 0 saturated heterocycles. The normalized spacial score (nSPS) is 10.6. The third kappa shape index (κ3) is 4.78. The summed E-state index contributed by atoms with van der Waals surface area (Å²) >= 11 is 1.68. The first-order valence-corrected chi connectivity index (χ1v) is 9.65. The number of rotatable bonds is 9. The summed E-state index contributed by atoms with van der Waals surface area (Å²) in [5.41, 5.74) is 2.22. The van der Waals surface area contributed by atoms with Gasteiger partial charge in [-0.3, -0.25) is 0 Å². The molecule has 1 N–H and O–H groups in total. The molecule has 1 aromatic heterocycles. The van der Waals surface area contributed by atoms with Crippen LogP contribution in [0.5, 0.6) is 17.2 Å². The third-order valence-electron chi connectivity index (χ3n) is 4.06. The minimum Gasteiger partial charge on any atom is -0.493 e. The molecule has 0 bridgehead atoms. The number of para-hydroxylation sites is 1. The zero-order valence-corrected chi connectivity index (χ0v) is 16.6. The van der Waals surface area contributed by atoms with Gasteiger partial charge in [-0.05, 0) is 36.8 Å². The molecule has 2 aromatic carbocycles. The van der Waals surface area contributed by atoms with Crippen molar-refractivity contribution in [3.05, 3.63) is 59.2 Å². The molecule has 6 heteroatoms. The summed E-state index contributed by atoms with van der Waals surface area (Å²) < 4.78 is 16.3. The topological polar surface area (TPSA) is 52.6 Å². The average Bonchev–Trinajstić information content (AvgIpc) is 3.17. The van der Waals surface area contributed by atoms with Crippen molar-refractivity contribution in [2.45, 2.75) is 20.0 Å². The highest BCUT2D eigenvalue weighted by Gasteiger charge is 2.10. The standard InChI is InChI=1S/C21H24N2O3S/c1-4-26-17-8-6-5-7-16(17)20-13-23-21(27-20)14-22-12-15-9-10-18(24-2)19(11-15)25-3/h5-11,13,22H,4,12,14H2,1-3H3. The minimum absolute atomic E-state index is 0.648. The molecule has 0 spiro atoms. The second-order valence-corrected chi connectivity index (χ2v) is 6.96. The highest BCUT2D eigenvalue weighted by molar-refractivity contribution is 7.15. The zero-order chi connectivity index (χ0) is 19.1. The Balaban J connectivity index is 1.62. The Kier molecular flexibility index (Phi) is 6.68. The number of nitrogens with zero attached hydrogens (tertiary/aromatic N) is 1. The molecule has 3 aromatic rings. The van der Waals surface area contributed by atoms with E-state index in [0.29, 0.717) is 13.2 Å². The van der Waals surface area contributed by atoms with Crippen molar-refractivity contribution >= 4 is 11.3 Å². The summed E-state index contributed by atoms with van der Waals surface area (Å²) in [7, 11) is 3.28. The Hall–Kier alpha value is -2.57. The molecule has 0 aliphatic carbocycles. The minimum atomic E-state index is 0.648. The molecule has 0 saturated carbocycles. The predicted octanol–water partition coefficient (Wildman–Crippen LogP) is 4.52. The first-order chi connectivity index (χ1) is 13.2. The summed E-state index contributed by atoms with van der Waals surface area (Å²) in [5.74, 6) is 2.37. The number of methoxy groups -OCH3 is 2. The fourth-order valence-corrected chi connectivity index (χ4v) is 3.69. The zero-order valence-electron chi connectivity index (χ0n) is 15.8. The smallest absolute Gasteiger partial charge is 0.161 e. The van der Waals surface area contributed by atoms with Crippen LogP contribution in [-0.4, -0.2) is 25.8 Å². The summed E-state index contributed by atoms with van der Waals surface area (Å²) in [6.45, 7) is 4.07. The van der Waals surface area contributed by atoms with Crippen LogP contribution in [0.15, 0.2) is 48.7 Å². The number of nitrogens with one attached hydrogen (secondary N) is 1. The lowest BCUT2D eigenvalue weighted by Gasteiger charge is -2.10. The van der Waals surface area contributed by atoms with Crippen LogP contribution in [0.4, 0.5) is 0 Å². The second kappa shape index (κ2) is 9.39. The van der Waals surface area contributed by atoms with Gasteiger partial charge in [0.2, 0.25) is 0 Å². The van der Waals surface area contributed by atoms with Gasteiger partial charge in [0.25, 0.3) is 0 Å². The van der Waals surface area contributed by atoms with Crippen LogP contribution in [0, 0.1) is 0 Å². The second-order valence-electron chi connectivity index (χ2n) is 5.84. The fraction of sp³-hybridized carbons (Fsp3) is 0.286. The summed E-state index contributed by atoms with van der Waals surface area (Å²) in [4.78, 5) is 5.65. The Labute approximate surface area is 163 Å². The van der Waals surface area contributed by atoms with Crippen LogP contribution < -0.4 is 19.5 Å². The van der Waals surface area contributed by atoms with Crippen molar-refractivity contribution < 1.29 is 14.2 Å². The number of thiazole rings is 1. The van der Waals surface area contributed by atoms with E-state index in [4.69, 9.17) is 14.2 Å². The maximum Gasteiger partial charge on any atom is 0.161 e. The lowest BCUT2D eigenvalue weighted by atomic mass is 10.2. The van der Waals surface area contributed by atoms with E-state index < -0.39 is 0 Å². The molecular formula is C21H24N2O3S. The average molecular weight is 385 g/mol. The van der Waals surface area contributed by atoms with Gasteiger partial charge in [-0.15, -0.1) is 11.3 Å². The van der Waals surface area contributed by atoms with Gasteiger partial charge in [0, 0.05) is 24.8 Å². The molecule has 5 nitrogen and oxygen atoms in total. The Bertz CT molecular complexity index is 879. The van der Waals surface area contributed by atoms with E-state index in [0.717, 1.165) is 44.8 Å². The van der Waals surface area contributed by atoms with E-state index in [2.05, 4.69) is 16.4 Å². The van der Waals surface area contributed by atoms with Gasteiger partial charge in [0.1, 0.15) is 10.8 Å². The number of benzene rings is 2. The number of aromatic nitrogens is 1. The molecule has 3 rings (SSSR count). The Morgan fingerprint density at radius 3 is 2.56 bits per heavy atom. The quantitative estimate of drug-likeness (QED) is 0.588. The number of hydrogen-bond donors (Lipinski definition) is 1. The highest BCUT2D eigenvalue weighted by atomic mass is 32.1. The Morgan fingerprint density at radius 2 is 1.78 bits per heavy atom. The van der Waals surface area contributed by atoms with Crippen LogP contribution in [0.2, 0.25) is 0 Å². The molecule has 0 aliphatic rings. The molecule has 0 radical (unpaired) electrons. The van der Waals surface area contributed by atoms with E-state index in [1.807, 2.05) is 49.5 Å². The lowest BCUT2D eigenvalue weighted by molar-refractivity contribution is 0.341. The van der Waals surface area contributed by atoms with Gasteiger partial charge in [-0.2, -0.15) is 0 Å². The lowest BCUT2D eigenvalue weighted by Crippen LogP contribution is -2.12. The first-order valence-electron chi connectivity index (χ1n) is 8.83. The van der Waals surface area contributed by atoms with E-state index in [9.17, 15) is 0 Å². The van der Waals surface area contributed by atoms with Crippen LogP contribution in [0.25, 0.3) is 10.4 Å². The van der Waals surface area contributed by atoms with E-state index >= 15 is 0 Å². The van der Waals surface area contributed by atoms with Gasteiger partial charge < -0.3 is 19.5 Å². The van der Waals surface area contributed by atoms with Gasteiger partial charge in [0.15, 0.2) is 11.5 Å². The van der Waals surface area contributed by atoms with E-state index in [1.54, 1.807) is 25.6 Å². The van der Waals surface area contributed by atoms with Crippen molar-refractivity contribution in [3.8, 4) is 27.7 Å². The molecule has 0 unspecified atom stereocenters. The number of ether oxygens (including phenoxy) is 3. The van der Waals surface area contributed by atoms with Crippen molar-refractivity contribution in [2.75, 3.05) is 20.8 Å². The van der Waals surface area contributed by atoms with Gasteiger partial charge in [-0.25, -0.2) is 4.98 Å². The highest BCUT2D eigenvalue weighted by Crippen LogP contribution is 2.33. The maximum atomic E-state index is 5.72. The van der Waals surface area contributed by atoms with Crippen molar-refractivity contribution in [2.24, 2.45) is 0 Å². The van der Waals surface area contributed by atoms with Crippen LogP contribution in [0.3, 0.4) is 0 Å².